The minimum Gasteiger partial charge on any atom is -0.345 e. The first kappa shape index (κ1) is 17.7. The van der Waals surface area contributed by atoms with Crippen molar-refractivity contribution in [2.45, 2.75) is 25.7 Å². The van der Waals surface area contributed by atoms with Crippen LogP contribution in [0, 0.1) is 12.8 Å². The first-order valence-electron chi connectivity index (χ1n) is 8.51. The highest BCUT2D eigenvalue weighted by Crippen LogP contribution is 2.35. The summed E-state index contributed by atoms with van der Waals surface area (Å²) in [6.45, 7) is 2.71. The smallest absolute Gasteiger partial charge is 0.226 e. The van der Waals surface area contributed by atoms with E-state index in [4.69, 9.17) is 11.6 Å². The van der Waals surface area contributed by atoms with Gasteiger partial charge < -0.3 is 4.90 Å². The van der Waals surface area contributed by atoms with E-state index < -0.39 is 0 Å². The zero-order chi connectivity index (χ0) is 18.0. The summed E-state index contributed by atoms with van der Waals surface area (Å²) < 4.78 is 0. The average molecular weight is 356 g/mol. The molecular formula is C21H22ClNO2. The van der Waals surface area contributed by atoms with Crippen molar-refractivity contribution >= 4 is 23.3 Å². The maximum Gasteiger partial charge on any atom is 0.226 e. The van der Waals surface area contributed by atoms with Crippen LogP contribution in [-0.4, -0.2) is 30.2 Å². The molecule has 1 aliphatic heterocycles. The minimum atomic E-state index is -0.271. The lowest BCUT2D eigenvalue weighted by atomic mass is 9.84. The number of benzene rings is 2. The van der Waals surface area contributed by atoms with Gasteiger partial charge in [0.05, 0.1) is 5.92 Å². The van der Waals surface area contributed by atoms with Crippen molar-refractivity contribution in [3.8, 4) is 0 Å². The number of likely N-dealkylation sites (tertiary alicyclic amines) is 1. The SMILES string of the molecule is Cc1ccc(C2CN(C)C(=O)[C@H]2CC(=O)Cc2ccc(Cl)cc2)cc1. The van der Waals surface area contributed by atoms with Gasteiger partial charge in [-0.2, -0.15) is 0 Å². The average Bonchev–Trinajstić information content (AvgIpc) is 2.86. The van der Waals surface area contributed by atoms with E-state index in [-0.39, 0.29) is 29.9 Å². The van der Waals surface area contributed by atoms with E-state index in [1.807, 2.05) is 26.1 Å². The summed E-state index contributed by atoms with van der Waals surface area (Å²) in [5, 5.41) is 0.656. The summed E-state index contributed by atoms with van der Waals surface area (Å²) in [5.74, 6) is -0.0390. The first-order chi connectivity index (χ1) is 11.9. The molecule has 3 nitrogen and oxygen atoms in total. The Kier molecular flexibility index (Phi) is 5.24. The summed E-state index contributed by atoms with van der Waals surface area (Å²) in [6.07, 6.45) is 0.621. The standard InChI is InChI=1S/C21H22ClNO2/c1-14-3-7-16(8-4-14)20-13-23(2)21(25)19(20)12-18(24)11-15-5-9-17(22)10-6-15/h3-10,19-20H,11-13H2,1-2H3/t19-,20?/m0/s1. The van der Waals surface area contributed by atoms with E-state index in [0.29, 0.717) is 18.0 Å². The Bertz CT molecular complexity index is 767. The topological polar surface area (TPSA) is 37.4 Å². The van der Waals surface area contributed by atoms with Crippen LogP contribution in [-0.2, 0) is 16.0 Å². The van der Waals surface area contributed by atoms with E-state index in [1.54, 1.807) is 17.0 Å². The number of hydrogen-bond acceptors (Lipinski definition) is 2. The molecule has 0 bridgehead atoms. The second-order valence-electron chi connectivity index (χ2n) is 6.89. The molecule has 0 radical (unpaired) electrons. The van der Waals surface area contributed by atoms with Crippen LogP contribution in [0.25, 0.3) is 0 Å². The van der Waals surface area contributed by atoms with E-state index in [0.717, 1.165) is 11.1 Å². The quantitative estimate of drug-likeness (QED) is 0.812. The highest BCUT2D eigenvalue weighted by Gasteiger charge is 2.40. The van der Waals surface area contributed by atoms with Crippen molar-refractivity contribution in [3.05, 3.63) is 70.2 Å². The van der Waals surface area contributed by atoms with Crippen molar-refractivity contribution in [2.75, 3.05) is 13.6 Å². The second-order valence-corrected chi connectivity index (χ2v) is 7.32. The van der Waals surface area contributed by atoms with Gasteiger partial charge in [0.1, 0.15) is 5.78 Å². The summed E-state index contributed by atoms with van der Waals surface area (Å²) in [5.41, 5.74) is 3.25. The lowest BCUT2D eigenvalue weighted by Gasteiger charge is -2.17. The molecule has 1 unspecified atom stereocenters. The number of ketones is 1. The van der Waals surface area contributed by atoms with Gasteiger partial charge in [0.2, 0.25) is 5.91 Å². The third-order valence-electron chi connectivity index (χ3n) is 4.92. The fraction of sp³-hybridized carbons (Fsp3) is 0.333. The molecule has 1 heterocycles. The highest BCUT2D eigenvalue weighted by atomic mass is 35.5. The van der Waals surface area contributed by atoms with Gasteiger partial charge in [0, 0.05) is 37.4 Å². The molecule has 0 spiro atoms. The van der Waals surface area contributed by atoms with E-state index >= 15 is 0 Å². The second kappa shape index (κ2) is 7.40. The minimum absolute atomic E-state index is 0.0648. The maximum atomic E-state index is 12.5. The van der Waals surface area contributed by atoms with Crippen LogP contribution in [0.3, 0.4) is 0 Å². The molecule has 1 aliphatic rings. The number of rotatable bonds is 5. The van der Waals surface area contributed by atoms with Gasteiger partial charge in [-0.15, -0.1) is 0 Å². The van der Waals surface area contributed by atoms with Crippen molar-refractivity contribution in [1.82, 2.24) is 4.90 Å². The maximum absolute atomic E-state index is 12.5. The molecule has 2 atom stereocenters. The molecular weight excluding hydrogens is 334 g/mol. The molecule has 0 aliphatic carbocycles. The zero-order valence-corrected chi connectivity index (χ0v) is 15.3. The Labute approximate surface area is 153 Å². The Morgan fingerprint density at radius 1 is 1.12 bits per heavy atom. The largest absolute Gasteiger partial charge is 0.345 e. The third kappa shape index (κ3) is 4.10. The van der Waals surface area contributed by atoms with Gasteiger partial charge >= 0.3 is 0 Å². The van der Waals surface area contributed by atoms with Crippen molar-refractivity contribution in [2.24, 2.45) is 5.92 Å². The van der Waals surface area contributed by atoms with E-state index in [9.17, 15) is 9.59 Å². The molecule has 4 heteroatoms. The summed E-state index contributed by atoms with van der Waals surface area (Å²) >= 11 is 5.88. The lowest BCUT2D eigenvalue weighted by molar-refractivity contribution is -0.132. The molecule has 1 fully saturated rings. The number of hydrogen-bond donors (Lipinski definition) is 0. The first-order valence-corrected chi connectivity index (χ1v) is 8.89. The van der Waals surface area contributed by atoms with Gasteiger partial charge in [-0.25, -0.2) is 0 Å². The number of nitrogens with zero attached hydrogens (tertiary/aromatic N) is 1. The summed E-state index contributed by atoms with van der Waals surface area (Å²) in [4.78, 5) is 26.8. The number of halogens is 1. The molecule has 1 saturated heterocycles. The van der Waals surface area contributed by atoms with Crippen molar-refractivity contribution in [3.63, 3.8) is 0 Å². The number of likely N-dealkylation sites (N-methyl/N-ethyl adjacent to an activating group) is 1. The molecule has 0 aromatic heterocycles. The van der Waals surface area contributed by atoms with Crippen LogP contribution in [0.5, 0.6) is 0 Å². The fourth-order valence-electron chi connectivity index (χ4n) is 3.50. The van der Waals surface area contributed by atoms with Gasteiger partial charge in [-0.05, 0) is 30.2 Å². The molecule has 2 aromatic carbocycles. The number of carbonyl (C=O) groups is 2. The predicted molar refractivity (Wildman–Crippen MR) is 99.8 cm³/mol. The normalized spacial score (nSPS) is 20.1. The molecule has 1 amide bonds. The lowest BCUT2D eigenvalue weighted by Crippen LogP contribution is -2.24. The van der Waals surface area contributed by atoms with Crippen LogP contribution in [0.15, 0.2) is 48.5 Å². The van der Waals surface area contributed by atoms with Crippen LogP contribution in [0.1, 0.15) is 29.0 Å². The van der Waals surface area contributed by atoms with Crippen molar-refractivity contribution in [1.29, 1.82) is 0 Å². The third-order valence-corrected chi connectivity index (χ3v) is 5.17. The van der Waals surface area contributed by atoms with Crippen LogP contribution in [0.4, 0.5) is 0 Å². The molecule has 130 valence electrons. The number of Topliss-reactive ketones (excluding diaryl/α,β-unsaturated/α-hetero) is 1. The van der Waals surface area contributed by atoms with Gasteiger partial charge in [0.25, 0.3) is 0 Å². The Morgan fingerprint density at radius 3 is 2.40 bits per heavy atom. The van der Waals surface area contributed by atoms with Gasteiger partial charge in [-0.3, -0.25) is 9.59 Å². The van der Waals surface area contributed by atoms with Crippen LogP contribution >= 0.6 is 11.6 Å². The molecule has 25 heavy (non-hydrogen) atoms. The molecule has 2 aromatic rings. The van der Waals surface area contributed by atoms with Gasteiger partial charge in [0.15, 0.2) is 0 Å². The van der Waals surface area contributed by atoms with E-state index in [2.05, 4.69) is 24.3 Å². The summed E-state index contributed by atoms with van der Waals surface area (Å²) in [7, 11) is 1.81. The zero-order valence-electron chi connectivity index (χ0n) is 14.5. The van der Waals surface area contributed by atoms with Gasteiger partial charge in [-0.1, -0.05) is 53.6 Å². The fourth-order valence-corrected chi connectivity index (χ4v) is 3.62. The Morgan fingerprint density at radius 2 is 1.76 bits per heavy atom. The van der Waals surface area contributed by atoms with Crippen molar-refractivity contribution < 1.29 is 9.59 Å². The van der Waals surface area contributed by atoms with Crippen LogP contribution in [0.2, 0.25) is 5.02 Å². The van der Waals surface area contributed by atoms with E-state index in [1.165, 1.54) is 5.56 Å². The Hall–Kier alpha value is -2.13. The Balaban J connectivity index is 1.73. The molecule has 0 saturated carbocycles. The molecule has 0 N–H and O–H groups in total. The predicted octanol–water partition coefficient (Wildman–Crippen LogP) is 4.02. The summed E-state index contributed by atoms with van der Waals surface area (Å²) in [6, 6.07) is 15.6. The number of amides is 1. The number of carbonyl (C=O) groups excluding carboxylic acids is 2. The number of aryl methyl sites for hydroxylation is 1. The molecule has 3 rings (SSSR count). The van der Waals surface area contributed by atoms with Crippen LogP contribution < -0.4 is 0 Å². The highest BCUT2D eigenvalue weighted by molar-refractivity contribution is 6.30. The monoisotopic (exact) mass is 355 g/mol.